The third-order valence-corrected chi connectivity index (χ3v) is 1.62. The fourth-order valence-corrected chi connectivity index (χ4v) is 0.915. The van der Waals surface area contributed by atoms with Crippen LogP contribution in [0.3, 0.4) is 0 Å². The highest BCUT2D eigenvalue weighted by Gasteiger charge is 2.01. The van der Waals surface area contributed by atoms with Gasteiger partial charge in [0, 0.05) is 18.6 Å². The molecule has 6 nitrogen and oxygen atoms in total. The van der Waals surface area contributed by atoms with Gasteiger partial charge >= 0.3 is 0 Å². The summed E-state index contributed by atoms with van der Waals surface area (Å²) < 4.78 is 5.97. The molecule has 0 aliphatic heterocycles. The van der Waals surface area contributed by atoms with E-state index < -0.39 is 5.91 Å². The molecule has 0 aromatic carbocycles. The number of carbonyl (C=O) groups excluding carboxylic acids is 1. The number of nitrogens with two attached hydrogens (primary N) is 1. The summed E-state index contributed by atoms with van der Waals surface area (Å²) in [6.45, 7) is 0.172. The van der Waals surface area contributed by atoms with Crippen molar-refractivity contribution < 1.29 is 9.53 Å². The average Bonchev–Trinajstić information content (AvgIpc) is 2.16. The Kier molecular flexibility index (Phi) is 3.22. The van der Waals surface area contributed by atoms with Crippen molar-refractivity contribution in [3.05, 3.63) is 22.5 Å². The van der Waals surface area contributed by atoms with Crippen LogP contribution >= 0.6 is 0 Å². The van der Waals surface area contributed by atoms with Gasteiger partial charge in [-0.3, -0.25) is 9.59 Å². The molecule has 0 fully saturated rings. The number of hydrogen-bond donors (Lipinski definition) is 1. The number of primary amides is 1. The molecule has 0 aliphatic rings. The van der Waals surface area contributed by atoms with Gasteiger partial charge in [0.25, 0.3) is 5.56 Å². The summed E-state index contributed by atoms with van der Waals surface area (Å²) >= 11 is 0. The fraction of sp³-hybridized carbons (Fsp3) is 0.375. The lowest BCUT2D eigenvalue weighted by Crippen LogP contribution is -2.25. The largest absolute Gasteiger partial charge is 0.480 e. The minimum absolute atomic E-state index is 0.0834. The van der Waals surface area contributed by atoms with E-state index in [2.05, 4.69) is 5.10 Å². The summed E-state index contributed by atoms with van der Waals surface area (Å²) in [5.74, 6) is -0.143. The molecule has 1 heterocycles. The number of aromatic nitrogens is 2. The SMILES string of the molecule is COc1ccc(=O)n(CCC(N)=O)n1. The van der Waals surface area contributed by atoms with Crippen LogP contribution in [0.2, 0.25) is 0 Å². The molecule has 76 valence electrons. The number of ether oxygens (including phenoxy) is 1. The molecule has 2 N–H and O–H groups in total. The van der Waals surface area contributed by atoms with E-state index in [0.717, 1.165) is 4.68 Å². The number of nitrogens with zero attached hydrogens (tertiary/aromatic N) is 2. The summed E-state index contributed by atoms with van der Waals surface area (Å²) in [5.41, 5.74) is 4.66. The van der Waals surface area contributed by atoms with Crippen molar-refractivity contribution in [1.82, 2.24) is 9.78 Å². The number of amides is 1. The molecule has 1 amide bonds. The van der Waals surface area contributed by atoms with Crippen molar-refractivity contribution in [2.45, 2.75) is 13.0 Å². The van der Waals surface area contributed by atoms with Crippen LogP contribution in [0.15, 0.2) is 16.9 Å². The van der Waals surface area contributed by atoms with Crippen LogP contribution < -0.4 is 16.0 Å². The fourth-order valence-electron chi connectivity index (χ4n) is 0.915. The Labute approximate surface area is 80.3 Å². The number of hydrogen-bond acceptors (Lipinski definition) is 4. The molecule has 6 heteroatoms. The zero-order valence-electron chi connectivity index (χ0n) is 7.77. The second kappa shape index (κ2) is 4.40. The Morgan fingerprint density at radius 1 is 1.64 bits per heavy atom. The maximum absolute atomic E-state index is 11.2. The highest BCUT2D eigenvalue weighted by molar-refractivity contribution is 5.73. The van der Waals surface area contributed by atoms with Gasteiger partial charge in [0.1, 0.15) is 0 Å². The Hall–Kier alpha value is -1.85. The van der Waals surface area contributed by atoms with E-state index in [1.54, 1.807) is 0 Å². The summed E-state index contributed by atoms with van der Waals surface area (Å²) in [5, 5.41) is 3.84. The number of aryl methyl sites for hydroxylation is 1. The lowest BCUT2D eigenvalue weighted by atomic mass is 10.4. The first-order chi connectivity index (χ1) is 6.63. The zero-order valence-corrected chi connectivity index (χ0v) is 7.77. The van der Waals surface area contributed by atoms with Gasteiger partial charge in [0.2, 0.25) is 11.8 Å². The Balaban J connectivity index is 2.84. The molecule has 0 atom stereocenters. The predicted octanol–water partition coefficient (Wildman–Crippen LogP) is -0.873. The molecule has 0 saturated heterocycles. The lowest BCUT2D eigenvalue weighted by Gasteiger charge is -2.03. The van der Waals surface area contributed by atoms with E-state index in [4.69, 9.17) is 10.5 Å². The van der Waals surface area contributed by atoms with Gasteiger partial charge in [-0.05, 0) is 0 Å². The van der Waals surface area contributed by atoms with Crippen molar-refractivity contribution in [3.8, 4) is 5.88 Å². The number of methoxy groups -OCH3 is 1. The second-order valence-electron chi connectivity index (χ2n) is 2.65. The van der Waals surface area contributed by atoms with Crippen molar-refractivity contribution in [3.63, 3.8) is 0 Å². The number of rotatable bonds is 4. The average molecular weight is 197 g/mol. The van der Waals surface area contributed by atoms with Crippen LogP contribution in [0.1, 0.15) is 6.42 Å². The summed E-state index contributed by atoms with van der Waals surface area (Å²) in [6.07, 6.45) is 0.0834. The van der Waals surface area contributed by atoms with Crippen LogP contribution in [0.4, 0.5) is 0 Å². The molecule has 0 bridgehead atoms. The van der Waals surface area contributed by atoms with E-state index in [1.807, 2.05) is 0 Å². The zero-order chi connectivity index (χ0) is 10.6. The van der Waals surface area contributed by atoms with Crippen LogP contribution in [-0.2, 0) is 11.3 Å². The molecule has 0 spiro atoms. The second-order valence-corrected chi connectivity index (χ2v) is 2.65. The van der Waals surface area contributed by atoms with Gasteiger partial charge in [-0.15, -0.1) is 5.10 Å². The molecule has 1 rings (SSSR count). The van der Waals surface area contributed by atoms with Crippen molar-refractivity contribution in [1.29, 1.82) is 0 Å². The highest BCUT2D eigenvalue weighted by atomic mass is 16.5. The minimum Gasteiger partial charge on any atom is -0.480 e. The molecule has 0 saturated carbocycles. The molecule has 0 unspecified atom stereocenters. The van der Waals surface area contributed by atoms with Crippen LogP contribution in [0, 0.1) is 0 Å². The Morgan fingerprint density at radius 3 is 2.93 bits per heavy atom. The normalized spacial score (nSPS) is 9.79. The summed E-state index contributed by atoms with van der Waals surface area (Å²) in [7, 11) is 1.45. The van der Waals surface area contributed by atoms with Crippen molar-refractivity contribution >= 4 is 5.91 Å². The minimum atomic E-state index is -0.471. The molecular weight excluding hydrogens is 186 g/mol. The quantitative estimate of drug-likeness (QED) is 0.679. The van der Waals surface area contributed by atoms with Crippen LogP contribution in [0.25, 0.3) is 0 Å². The van der Waals surface area contributed by atoms with Crippen molar-refractivity contribution in [2.75, 3.05) is 7.11 Å². The van der Waals surface area contributed by atoms with Crippen LogP contribution in [0.5, 0.6) is 5.88 Å². The third-order valence-electron chi connectivity index (χ3n) is 1.62. The lowest BCUT2D eigenvalue weighted by molar-refractivity contribution is -0.118. The van der Waals surface area contributed by atoms with Gasteiger partial charge in [-0.25, -0.2) is 4.68 Å². The number of carbonyl (C=O) groups is 1. The topological polar surface area (TPSA) is 87.2 Å². The maximum atomic E-state index is 11.2. The first-order valence-electron chi connectivity index (χ1n) is 4.04. The summed E-state index contributed by atoms with van der Waals surface area (Å²) in [4.78, 5) is 21.7. The molecule has 1 aromatic heterocycles. The Bertz CT molecular complexity index is 386. The first kappa shape index (κ1) is 10.2. The monoisotopic (exact) mass is 197 g/mol. The predicted molar refractivity (Wildman–Crippen MR) is 48.9 cm³/mol. The molecular formula is C8H11N3O3. The molecule has 0 radical (unpaired) electrons. The van der Waals surface area contributed by atoms with Gasteiger partial charge in [-0.2, -0.15) is 0 Å². The first-order valence-corrected chi connectivity index (χ1v) is 4.04. The maximum Gasteiger partial charge on any atom is 0.266 e. The smallest absolute Gasteiger partial charge is 0.266 e. The summed E-state index contributed by atoms with van der Waals surface area (Å²) in [6, 6.07) is 2.79. The van der Waals surface area contributed by atoms with Gasteiger partial charge in [0.15, 0.2) is 0 Å². The van der Waals surface area contributed by atoms with E-state index in [1.165, 1.54) is 19.2 Å². The Morgan fingerprint density at radius 2 is 2.36 bits per heavy atom. The van der Waals surface area contributed by atoms with Gasteiger partial charge < -0.3 is 10.5 Å². The molecule has 1 aromatic rings. The highest BCUT2D eigenvalue weighted by Crippen LogP contribution is 1.99. The van der Waals surface area contributed by atoms with Gasteiger partial charge in [-0.1, -0.05) is 0 Å². The van der Waals surface area contributed by atoms with E-state index in [9.17, 15) is 9.59 Å². The van der Waals surface area contributed by atoms with E-state index in [-0.39, 0.29) is 18.5 Å². The molecule has 14 heavy (non-hydrogen) atoms. The van der Waals surface area contributed by atoms with E-state index in [0.29, 0.717) is 5.88 Å². The van der Waals surface area contributed by atoms with Gasteiger partial charge in [0.05, 0.1) is 13.7 Å². The van der Waals surface area contributed by atoms with Crippen molar-refractivity contribution in [2.24, 2.45) is 5.73 Å². The van der Waals surface area contributed by atoms with Crippen LogP contribution in [-0.4, -0.2) is 22.8 Å². The third kappa shape index (κ3) is 2.58. The molecule has 0 aliphatic carbocycles. The standard InChI is InChI=1S/C8H11N3O3/c1-14-7-2-3-8(13)11(10-7)5-4-6(9)12/h2-3H,4-5H2,1H3,(H2,9,12). The van der Waals surface area contributed by atoms with E-state index >= 15 is 0 Å².